The molecule has 2 rings (SSSR count). The molecule has 1 aliphatic rings. The maximum atomic E-state index is 12.4. The monoisotopic (exact) mass is 392 g/mol. The van der Waals surface area contributed by atoms with Gasteiger partial charge in [-0.15, -0.1) is 0 Å². The smallest absolute Gasteiger partial charge is 0.292 e. The van der Waals surface area contributed by atoms with Crippen LogP contribution in [-0.2, 0) is 13.6 Å². The van der Waals surface area contributed by atoms with Gasteiger partial charge in [-0.3, -0.25) is 4.79 Å². The minimum absolute atomic E-state index is 0.0267. The molecule has 0 aliphatic carbocycles. The number of rotatable bonds is 0. The first-order valence-corrected chi connectivity index (χ1v) is 16.1. The van der Waals surface area contributed by atoms with Gasteiger partial charge in [-0.05, 0) is 49.4 Å². The number of hydrogen-bond donors (Lipinski definition) is 0. The van der Waals surface area contributed by atoms with Crippen LogP contribution in [0, 0.1) is 0 Å². The Balaban J connectivity index is 2.23. The molecule has 0 fully saturated rings. The van der Waals surface area contributed by atoms with Gasteiger partial charge in [-0.1, -0.05) is 62.8 Å². The van der Waals surface area contributed by atoms with E-state index in [1.165, 1.54) is 42.5 Å². The average molecular weight is 393 g/mol. The third kappa shape index (κ3) is 6.36. The summed E-state index contributed by atoms with van der Waals surface area (Å²) < 4.78 is 12.5. The van der Waals surface area contributed by atoms with E-state index in [-0.39, 0.29) is 5.97 Å². The molecule has 1 aromatic rings. The fourth-order valence-corrected chi connectivity index (χ4v) is 9.62. The van der Waals surface area contributed by atoms with E-state index < -0.39 is 16.6 Å². The SMILES string of the molecule is C[Si]1(C)OCCCCCCCCCCC(=O)O[Si](C)(C)c2ccccc21. The third-order valence-electron chi connectivity index (χ3n) is 5.33. The highest BCUT2D eigenvalue weighted by molar-refractivity contribution is 6.95. The quantitative estimate of drug-likeness (QED) is 0.606. The van der Waals surface area contributed by atoms with Crippen LogP contribution in [0.3, 0.4) is 0 Å². The summed E-state index contributed by atoms with van der Waals surface area (Å²) >= 11 is 0. The Hall–Kier alpha value is -0.916. The van der Waals surface area contributed by atoms with Gasteiger partial charge in [0.25, 0.3) is 14.3 Å². The fraction of sp³-hybridized carbons (Fsp3) is 0.667. The normalized spacial score (nSPS) is 22.7. The van der Waals surface area contributed by atoms with Gasteiger partial charge in [0.05, 0.1) is 0 Å². The van der Waals surface area contributed by atoms with Gasteiger partial charge in [-0.2, -0.15) is 0 Å². The van der Waals surface area contributed by atoms with Crippen LogP contribution >= 0.6 is 0 Å². The van der Waals surface area contributed by atoms with Gasteiger partial charge in [0.2, 0.25) is 8.32 Å². The first-order chi connectivity index (χ1) is 12.3. The molecule has 0 unspecified atom stereocenters. The van der Waals surface area contributed by atoms with Crippen LogP contribution in [0.5, 0.6) is 0 Å². The number of hydrogen-bond acceptors (Lipinski definition) is 3. The summed E-state index contributed by atoms with van der Waals surface area (Å²) in [4.78, 5) is 12.4. The predicted octanol–water partition coefficient (Wildman–Crippen LogP) is 4.60. The summed E-state index contributed by atoms with van der Waals surface area (Å²) in [5, 5.41) is 2.53. The Morgan fingerprint density at radius 3 is 1.85 bits per heavy atom. The van der Waals surface area contributed by atoms with Crippen LogP contribution in [0.25, 0.3) is 0 Å². The number of benzene rings is 1. The lowest BCUT2D eigenvalue weighted by Gasteiger charge is -2.31. The highest BCUT2D eigenvalue weighted by Gasteiger charge is 2.37. The highest BCUT2D eigenvalue weighted by Crippen LogP contribution is 2.15. The minimum atomic E-state index is -2.30. The molecule has 0 bridgehead atoms. The van der Waals surface area contributed by atoms with Crippen LogP contribution in [-0.4, -0.2) is 29.2 Å². The summed E-state index contributed by atoms with van der Waals surface area (Å²) in [5.74, 6) is -0.0267. The van der Waals surface area contributed by atoms with Crippen molar-refractivity contribution in [3.8, 4) is 0 Å². The van der Waals surface area contributed by atoms with E-state index >= 15 is 0 Å². The molecule has 1 aromatic carbocycles. The second-order valence-corrected chi connectivity index (χ2v) is 16.1. The van der Waals surface area contributed by atoms with E-state index in [4.69, 9.17) is 8.85 Å². The number of carbonyl (C=O) groups excluding carboxylic acids is 1. The van der Waals surface area contributed by atoms with Gasteiger partial charge < -0.3 is 8.85 Å². The van der Waals surface area contributed by atoms with Crippen molar-refractivity contribution in [2.24, 2.45) is 0 Å². The van der Waals surface area contributed by atoms with Crippen LogP contribution in [0.1, 0.15) is 57.8 Å². The molecule has 146 valence electrons. The molecule has 1 heterocycles. The molecular weight excluding hydrogens is 356 g/mol. The molecule has 0 spiro atoms. The Morgan fingerprint density at radius 1 is 0.731 bits per heavy atom. The number of carbonyl (C=O) groups is 1. The van der Waals surface area contributed by atoms with Crippen LogP contribution in [0.4, 0.5) is 0 Å². The van der Waals surface area contributed by atoms with Crippen molar-refractivity contribution in [2.45, 2.75) is 84.0 Å². The average Bonchev–Trinajstić information content (AvgIpc) is 2.58. The molecule has 0 saturated carbocycles. The number of fused-ring (bicyclic) bond motifs is 1. The maximum Gasteiger partial charge on any atom is 0.292 e. The van der Waals surface area contributed by atoms with Crippen molar-refractivity contribution >= 4 is 33.0 Å². The van der Waals surface area contributed by atoms with E-state index in [9.17, 15) is 4.79 Å². The lowest BCUT2D eigenvalue weighted by Crippen LogP contribution is -2.61. The molecule has 0 radical (unpaired) electrons. The first kappa shape index (κ1) is 21.4. The van der Waals surface area contributed by atoms with Crippen LogP contribution in [0.15, 0.2) is 24.3 Å². The predicted molar refractivity (Wildman–Crippen MR) is 114 cm³/mol. The minimum Gasteiger partial charge on any atom is -0.515 e. The summed E-state index contributed by atoms with van der Waals surface area (Å²) in [6.07, 6.45) is 10.1. The van der Waals surface area contributed by atoms with Crippen molar-refractivity contribution in [3.05, 3.63) is 24.3 Å². The molecule has 1 aliphatic heterocycles. The van der Waals surface area contributed by atoms with E-state index in [2.05, 4.69) is 50.5 Å². The zero-order chi connectivity index (χ0) is 19.0. The van der Waals surface area contributed by atoms with Crippen molar-refractivity contribution in [2.75, 3.05) is 6.61 Å². The zero-order valence-electron chi connectivity index (χ0n) is 17.1. The van der Waals surface area contributed by atoms with Crippen molar-refractivity contribution in [3.63, 3.8) is 0 Å². The van der Waals surface area contributed by atoms with Crippen molar-refractivity contribution in [1.82, 2.24) is 0 Å². The summed E-state index contributed by atoms with van der Waals surface area (Å²) in [7, 11) is -4.31. The summed E-state index contributed by atoms with van der Waals surface area (Å²) in [6.45, 7) is 9.67. The Labute approximate surface area is 161 Å². The molecule has 3 nitrogen and oxygen atoms in total. The Kier molecular flexibility index (Phi) is 8.11. The van der Waals surface area contributed by atoms with Gasteiger partial charge in [0, 0.05) is 13.0 Å². The van der Waals surface area contributed by atoms with E-state index in [1.54, 1.807) is 0 Å². The second kappa shape index (κ2) is 9.86. The topological polar surface area (TPSA) is 35.5 Å². The Morgan fingerprint density at radius 2 is 1.23 bits per heavy atom. The van der Waals surface area contributed by atoms with Gasteiger partial charge >= 0.3 is 0 Å². The standard InChI is InChI=1S/C21H36O3Si2/c1-25(2)19-15-12-13-16-20(19)26(3,4)24-21(22)17-11-9-7-5-6-8-10-14-18-23-25/h12-13,15-16H,5-11,14,17-18H2,1-4H3. The lowest BCUT2D eigenvalue weighted by atomic mass is 10.1. The highest BCUT2D eigenvalue weighted by atomic mass is 28.4. The molecule has 0 atom stereocenters. The van der Waals surface area contributed by atoms with Gasteiger partial charge in [0.15, 0.2) is 0 Å². The first-order valence-electron chi connectivity index (χ1n) is 10.3. The molecule has 0 N–H and O–H groups in total. The molecular formula is C21H36O3Si2. The lowest BCUT2D eigenvalue weighted by molar-refractivity contribution is -0.135. The largest absolute Gasteiger partial charge is 0.515 e. The molecule has 0 saturated heterocycles. The maximum absolute atomic E-state index is 12.4. The van der Waals surface area contributed by atoms with Crippen molar-refractivity contribution in [1.29, 1.82) is 0 Å². The zero-order valence-corrected chi connectivity index (χ0v) is 19.1. The van der Waals surface area contributed by atoms with Gasteiger partial charge in [0.1, 0.15) is 0 Å². The van der Waals surface area contributed by atoms with Gasteiger partial charge in [-0.25, -0.2) is 0 Å². The molecule has 26 heavy (non-hydrogen) atoms. The van der Waals surface area contributed by atoms with E-state index in [1.807, 2.05) is 0 Å². The Bertz CT molecular complexity index is 584. The van der Waals surface area contributed by atoms with Crippen molar-refractivity contribution < 1.29 is 13.6 Å². The van der Waals surface area contributed by atoms with E-state index in [0.29, 0.717) is 6.42 Å². The van der Waals surface area contributed by atoms with Crippen LogP contribution < -0.4 is 10.4 Å². The summed E-state index contributed by atoms with van der Waals surface area (Å²) in [5.41, 5.74) is 0. The molecule has 5 heteroatoms. The molecule has 0 amide bonds. The summed E-state index contributed by atoms with van der Waals surface area (Å²) in [6, 6.07) is 8.50. The molecule has 0 aromatic heterocycles. The fourth-order valence-electron chi connectivity index (χ4n) is 3.76. The third-order valence-corrected chi connectivity index (χ3v) is 10.7. The van der Waals surface area contributed by atoms with Crippen LogP contribution in [0.2, 0.25) is 26.2 Å². The second-order valence-electron chi connectivity index (χ2n) is 8.47. The van der Waals surface area contributed by atoms with E-state index in [0.717, 1.165) is 25.9 Å².